The SMILES string of the molecule is C=CC(=C)CCC1(C)C(C)CC(OC)C23C(=CC(OC(=O)CC(C)C)CC12)C(OC(C)=O)OC3OC(C)=O. The van der Waals surface area contributed by atoms with E-state index in [9.17, 15) is 14.4 Å². The summed E-state index contributed by atoms with van der Waals surface area (Å²) in [6, 6.07) is 0. The van der Waals surface area contributed by atoms with Crippen LogP contribution in [0.25, 0.3) is 0 Å². The zero-order chi connectivity index (χ0) is 28.4. The largest absolute Gasteiger partial charge is 0.458 e. The third-order valence-corrected chi connectivity index (χ3v) is 8.79. The second-order valence-electron chi connectivity index (χ2n) is 11.7. The van der Waals surface area contributed by atoms with Gasteiger partial charge in [-0.15, -0.1) is 0 Å². The Balaban J connectivity index is 2.21. The standard InChI is InChI=1S/C30H44O8/c1-10-18(4)11-12-29(8)19(5)14-25(34-9)30-23(27(35-20(6)31)38-28(30)36-21(7)32)15-22(16-24(29)30)37-26(33)13-17(2)3/h10,15,17,19,22,24-25,27-28H,1,4,11-14,16H2,2-3,5-9H3. The van der Waals surface area contributed by atoms with Gasteiger partial charge in [-0.05, 0) is 54.9 Å². The highest BCUT2D eigenvalue weighted by Crippen LogP contribution is 2.68. The van der Waals surface area contributed by atoms with E-state index in [0.717, 1.165) is 18.4 Å². The van der Waals surface area contributed by atoms with Crippen molar-refractivity contribution in [2.45, 2.75) is 98.4 Å². The van der Waals surface area contributed by atoms with Crippen LogP contribution in [0.15, 0.2) is 36.5 Å². The summed E-state index contributed by atoms with van der Waals surface area (Å²) < 4.78 is 29.7. The molecule has 0 aromatic carbocycles. The van der Waals surface area contributed by atoms with Gasteiger partial charge < -0.3 is 18.9 Å². The Morgan fingerprint density at radius 1 is 1.16 bits per heavy atom. The van der Waals surface area contributed by atoms with E-state index in [1.807, 2.05) is 19.9 Å². The Bertz CT molecular complexity index is 983. The number of hydrogen-bond acceptors (Lipinski definition) is 8. The molecule has 0 aromatic heterocycles. The smallest absolute Gasteiger partial charge is 0.306 e. The number of carbonyl (C=O) groups excluding carboxylic acids is 3. The number of allylic oxidation sites excluding steroid dienone is 2. The fourth-order valence-corrected chi connectivity index (χ4v) is 6.82. The molecule has 212 valence electrons. The van der Waals surface area contributed by atoms with E-state index in [1.165, 1.54) is 13.8 Å². The van der Waals surface area contributed by atoms with Crippen molar-refractivity contribution < 1.29 is 38.1 Å². The van der Waals surface area contributed by atoms with Gasteiger partial charge in [0.05, 0.1) is 11.5 Å². The summed E-state index contributed by atoms with van der Waals surface area (Å²) in [6.45, 7) is 19.0. The van der Waals surface area contributed by atoms with E-state index < -0.39 is 36.0 Å². The van der Waals surface area contributed by atoms with Crippen molar-refractivity contribution >= 4 is 17.9 Å². The molecule has 8 heteroatoms. The first-order valence-corrected chi connectivity index (χ1v) is 13.5. The van der Waals surface area contributed by atoms with Gasteiger partial charge >= 0.3 is 17.9 Å². The molecule has 1 heterocycles. The number of hydrogen-bond donors (Lipinski definition) is 0. The minimum atomic E-state index is -1.09. The first kappa shape index (κ1) is 30.1. The van der Waals surface area contributed by atoms with Gasteiger partial charge in [-0.2, -0.15) is 0 Å². The maximum Gasteiger partial charge on any atom is 0.306 e. The van der Waals surface area contributed by atoms with Crippen molar-refractivity contribution in [2.24, 2.45) is 28.6 Å². The van der Waals surface area contributed by atoms with Gasteiger partial charge in [-0.3, -0.25) is 19.1 Å². The average molecular weight is 533 g/mol. The second-order valence-corrected chi connectivity index (χ2v) is 11.7. The Kier molecular flexibility index (Phi) is 9.30. The fraction of sp³-hybridized carbons (Fsp3) is 0.700. The predicted molar refractivity (Wildman–Crippen MR) is 141 cm³/mol. The van der Waals surface area contributed by atoms with Crippen LogP contribution in [0.1, 0.15) is 73.6 Å². The number of methoxy groups -OCH3 is 1. The third kappa shape index (κ3) is 5.62. The van der Waals surface area contributed by atoms with Crippen molar-refractivity contribution in [1.29, 1.82) is 0 Å². The quantitative estimate of drug-likeness (QED) is 0.162. The summed E-state index contributed by atoms with van der Waals surface area (Å²) in [6.07, 6.45) is 3.50. The summed E-state index contributed by atoms with van der Waals surface area (Å²) in [5.41, 5.74) is 0.323. The molecule has 1 saturated heterocycles. The Hall–Kier alpha value is -2.45. The van der Waals surface area contributed by atoms with Crippen molar-refractivity contribution in [2.75, 3.05) is 7.11 Å². The van der Waals surface area contributed by atoms with E-state index in [1.54, 1.807) is 13.2 Å². The van der Waals surface area contributed by atoms with Crippen LogP contribution in [0.2, 0.25) is 0 Å². The number of ether oxygens (including phenoxy) is 5. The maximum atomic E-state index is 12.8. The van der Waals surface area contributed by atoms with Crippen molar-refractivity contribution in [3.63, 3.8) is 0 Å². The molecule has 0 amide bonds. The average Bonchev–Trinajstić information content (AvgIpc) is 3.10. The van der Waals surface area contributed by atoms with Crippen molar-refractivity contribution in [1.82, 2.24) is 0 Å². The fourth-order valence-electron chi connectivity index (χ4n) is 6.82. The Labute approximate surface area is 226 Å². The molecular formula is C30H44O8. The molecule has 8 atom stereocenters. The van der Waals surface area contributed by atoms with Gasteiger partial charge in [-0.1, -0.05) is 52.5 Å². The van der Waals surface area contributed by atoms with E-state index in [2.05, 4.69) is 27.0 Å². The Morgan fingerprint density at radius 3 is 2.37 bits per heavy atom. The Morgan fingerprint density at radius 2 is 1.82 bits per heavy atom. The minimum Gasteiger partial charge on any atom is -0.458 e. The third-order valence-electron chi connectivity index (χ3n) is 8.79. The summed E-state index contributed by atoms with van der Waals surface area (Å²) >= 11 is 0. The van der Waals surface area contributed by atoms with Gasteiger partial charge in [0.15, 0.2) is 0 Å². The van der Waals surface area contributed by atoms with Crippen LogP contribution in [0.4, 0.5) is 0 Å². The van der Waals surface area contributed by atoms with Crippen LogP contribution in [0.5, 0.6) is 0 Å². The summed E-state index contributed by atoms with van der Waals surface area (Å²) in [5.74, 6) is -1.17. The number of carbonyl (C=O) groups is 3. The highest BCUT2D eigenvalue weighted by molar-refractivity contribution is 5.70. The van der Waals surface area contributed by atoms with Crippen LogP contribution < -0.4 is 0 Å². The molecule has 0 radical (unpaired) electrons. The first-order valence-electron chi connectivity index (χ1n) is 13.5. The zero-order valence-electron chi connectivity index (χ0n) is 23.9. The molecule has 8 unspecified atom stereocenters. The van der Waals surface area contributed by atoms with Gasteiger partial charge in [0, 0.05) is 33.0 Å². The highest BCUT2D eigenvalue weighted by Gasteiger charge is 2.71. The summed E-state index contributed by atoms with van der Waals surface area (Å²) in [5, 5.41) is 0. The number of rotatable bonds is 10. The monoisotopic (exact) mass is 532 g/mol. The van der Waals surface area contributed by atoms with Crippen LogP contribution in [-0.4, -0.2) is 49.8 Å². The molecule has 1 aliphatic heterocycles. The maximum absolute atomic E-state index is 12.8. The van der Waals surface area contributed by atoms with Crippen LogP contribution in [-0.2, 0) is 38.1 Å². The van der Waals surface area contributed by atoms with Crippen LogP contribution >= 0.6 is 0 Å². The molecule has 1 spiro atoms. The van der Waals surface area contributed by atoms with E-state index in [4.69, 9.17) is 23.7 Å². The number of esters is 3. The molecule has 38 heavy (non-hydrogen) atoms. The van der Waals surface area contributed by atoms with Gasteiger partial charge in [0.1, 0.15) is 6.10 Å². The van der Waals surface area contributed by atoms with Gasteiger partial charge in [0.25, 0.3) is 0 Å². The molecule has 2 aliphatic carbocycles. The van der Waals surface area contributed by atoms with Gasteiger partial charge in [-0.25, -0.2) is 0 Å². The molecule has 8 nitrogen and oxygen atoms in total. The topological polar surface area (TPSA) is 97.4 Å². The highest BCUT2D eigenvalue weighted by atomic mass is 16.8. The molecule has 0 bridgehead atoms. The first-order chi connectivity index (χ1) is 17.8. The lowest BCUT2D eigenvalue weighted by Crippen LogP contribution is -2.63. The normalized spacial score (nSPS) is 35.9. The van der Waals surface area contributed by atoms with Crippen LogP contribution in [0.3, 0.4) is 0 Å². The van der Waals surface area contributed by atoms with E-state index >= 15 is 0 Å². The lowest BCUT2D eigenvalue weighted by atomic mass is 9.45. The molecule has 1 saturated carbocycles. The molecule has 0 aromatic rings. The van der Waals surface area contributed by atoms with E-state index in [0.29, 0.717) is 24.8 Å². The predicted octanol–water partition coefficient (Wildman–Crippen LogP) is 5.27. The van der Waals surface area contributed by atoms with Gasteiger partial charge in [0.2, 0.25) is 12.6 Å². The van der Waals surface area contributed by atoms with E-state index in [-0.39, 0.29) is 35.2 Å². The molecule has 3 rings (SSSR count). The summed E-state index contributed by atoms with van der Waals surface area (Å²) in [4.78, 5) is 37.2. The minimum absolute atomic E-state index is 0.151. The van der Waals surface area contributed by atoms with Crippen molar-refractivity contribution in [3.8, 4) is 0 Å². The lowest BCUT2D eigenvalue weighted by Gasteiger charge is -2.61. The molecule has 2 fully saturated rings. The molecule has 0 N–H and O–H groups in total. The zero-order valence-corrected chi connectivity index (χ0v) is 23.9. The van der Waals surface area contributed by atoms with Crippen LogP contribution in [0, 0.1) is 28.6 Å². The molecular weight excluding hydrogens is 488 g/mol. The van der Waals surface area contributed by atoms with Crippen molar-refractivity contribution in [3.05, 3.63) is 36.5 Å². The summed E-state index contributed by atoms with van der Waals surface area (Å²) in [7, 11) is 1.64. The second kappa shape index (κ2) is 11.7. The lowest BCUT2D eigenvalue weighted by molar-refractivity contribution is -0.257. The molecule has 3 aliphatic rings.